The van der Waals surface area contributed by atoms with Gasteiger partial charge in [-0.1, -0.05) is 36.4 Å². The molecule has 34 heavy (non-hydrogen) atoms. The summed E-state index contributed by atoms with van der Waals surface area (Å²) in [5, 5.41) is 0. The normalized spacial score (nSPS) is 15.9. The summed E-state index contributed by atoms with van der Waals surface area (Å²) in [5.74, 6) is 3.19. The molecule has 0 bridgehead atoms. The minimum Gasteiger partial charge on any atom is -0.493 e. The quantitative estimate of drug-likeness (QED) is 0.329. The fourth-order valence-corrected chi connectivity index (χ4v) is 4.78. The molecule has 1 atom stereocenters. The van der Waals surface area contributed by atoms with Crippen LogP contribution in [0.15, 0.2) is 91.1 Å². The van der Waals surface area contributed by atoms with Crippen molar-refractivity contribution in [1.82, 2.24) is 9.47 Å². The van der Waals surface area contributed by atoms with E-state index in [1.54, 1.807) is 14.2 Å². The molecule has 174 valence electrons. The second-order valence-corrected chi connectivity index (χ2v) is 8.53. The maximum Gasteiger partial charge on any atom is 0.161 e. The van der Waals surface area contributed by atoms with Gasteiger partial charge in [0.25, 0.3) is 0 Å². The molecule has 5 rings (SSSR count). The standard InChI is InChI=1S/C29H30N2O3/c1-32-27-15-14-23(20-28(27)33-2)29-26-13-7-16-30(26)17-8-18-31(29)21-22-9-6-12-25(19-22)34-24-10-4-3-5-11-24/h3-7,9-16,19-20,29H,8,17-18,21H2,1-2H3/t29-/m0/s1. The first-order valence-corrected chi connectivity index (χ1v) is 11.7. The van der Waals surface area contributed by atoms with Gasteiger partial charge in [0, 0.05) is 31.5 Å². The molecule has 0 aliphatic carbocycles. The topological polar surface area (TPSA) is 35.9 Å². The van der Waals surface area contributed by atoms with Crippen molar-refractivity contribution >= 4 is 0 Å². The number of methoxy groups -OCH3 is 2. The zero-order chi connectivity index (χ0) is 23.3. The first-order valence-electron chi connectivity index (χ1n) is 11.7. The Kier molecular flexibility index (Phi) is 6.54. The summed E-state index contributed by atoms with van der Waals surface area (Å²) in [7, 11) is 3.36. The summed E-state index contributed by atoms with van der Waals surface area (Å²) in [5.41, 5.74) is 3.71. The number of aryl methyl sites for hydroxylation is 1. The molecule has 0 fully saturated rings. The lowest BCUT2D eigenvalue weighted by atomic mass is 10.00. The maximum absolute atomic E-state index is 6.09. The highest BCUT2D eigenvalue weighted by molar-refractivity contribution is 5.45. The molecule has 0 radical (unpaired) electrons. The van der Waals surface area contributed by atoms with Gasteiger partial charge in [0.1, 0.15) is 11.5 Å². The fourth-order valence-electron chi connectivity index (χ4n) is 4.78. The Morgan fingerprint density at radius 2 is 1.59 bits per heavy atom. The summed E-state index contributed by atoms with van der Waals surface area (Å²) in [4.78, 5) is 2.54. The zero-order valence-electron chi connectivity index (χ0n) is 19.7. The lowest BCUT2D eigenvalue weighted by Crippen LogP contribution is -2.29. The average Bonchev–Trinajstić information content (AvgIpc) is 3.26. The van der Waals surface area contributed by atoms with Crippen molar-refractivity contribution in [2.75, 3.05) is 20.8 Å². The van der Waals surface area contributed by atoms with Crippen LogP contribution in [0.25, 0.3) is 0 Å². The zero-order valence-corrected chi connectivity index (χ0v) is 19.7. The fraction of sp³-hybridized carbons (Fsp3) is 0.241. The van der Waals surface area contributed by atoms with Crippen molar-refractivity contribution < 1.29 is 14.2 Å². The first-order chi connectivity index (χ1) is 16.7. The van der Waals surface area contributed by atoms with Gasteiger partial charge in [-0.05, 0) is 66.1 Å². The lowest BCUT2D eigenvalue weighted by Gasteiger charge is -2.31. The van der Waals surface area contributed by atoms with E-state index in [1.807, 2.05) is 42.5 Å². The number of hydrogen-bond donors (Lipinski definition) is 0. The van der Waals surface area contributed by atoms with Crippen LogP contribution in [0.3, 0.4) is 0 Å². The largest absolute Gasteiger partial charge is 0.493 e. The monoisotopic (exact) mass is 454 g/mol. The number of rotatable bonds is 7. The molecule has 0 saturated carbocycles. The molecule has 5 heteroatoms. The van der Waals surface area contributed by atoms with Crippen LogP contribution in [0.1, 0.15) is 29.3 Å². The molecule has 0 unspecified atom stereocenters. The molecule has 0 saturated heterocycles. The lowest BCUT2D eigenvalue weighted by molar-refractivity contribution is 0.219. The number of ether oxygens (including phenoxy) is 3. The van der Waals surface area contributed by atoms with E-state index in [0.717, 1.165) is 49.1 Å². The Hall–Kier alpha value is -3.70. The molecule has 5 nitrogen and oxygen atoms in total. The summed E-state index contributed by atoms with van der Waals surface area (Å²) in [6.45, 7) is 2.82. The highest BCUT2D eigenvalue weighted by Crippen LogP contribution is 2.37. The van der Waals surface area contributed by atoms with Gasteiger partial charge in [-0.2, -0.15) is 0 Å². The number of fused-ring (bicyclic) bond motifs is 1. The number of aromatic nitrogens is 1. The van der Waals surface area contributed by atoms with Gasteiger partial charge in [0.05, 0.1) is 20.3 Å². The van der Waals surface area contributed by atoms with E-state index in [-0.39, 0.29) is 6.04 Å². The van der Waals surface area contributed by atoms with Crippen molar-refractivity contribution in [2.24, 2.45) is 0 Å². The van der Waals surface area contributed by atoms with Crippen LogP contribution in [0, 0.1) is 0 Å². The van der Waals surface area contributed by atoms with Gasteiger partial charge in [0.15, 0.2) is 11.5 Å². The van der Waals surface area contributed by atoms with E-state index in [4.69, 9.17) is 14.2 Å². The Morgan fingerprint density at radius 3 is 2.41 bits per heavy atom. The van der Waals surface area contributed by atoms with E-state index in [2.05, 4.69) is 58.1 Å². The molecule has 1 aliphatic rings. The average molecular weight is 455 g/mol. The summed E-state index contributed by atoms with van der Waals surface area (Å²) in [6.07, 6.45) is 3.27. The number of para-hydroxylation sites is 1. The van der Waals surface area contributed by atoms with Crippen LogP contribution in [0.4, 0.5) is 0 Å². The predicted octanol–water partition coefficient (Wildman–Crippen LogP) is 6.29. The van der Waals surface area contributed by atoms with E-state index in [0.29, 0.717) is 0 Å². The smallest absolute Gasteiger partial charge is 0.161 e. The molecule has 0 spiro atoms. The molecular weight excluding hydrogens is 424 g/mol. The molecule has 0 N–H and O–H groups in total. The third kappa shape index (κ3) is 4.66. The van der Waals surface area contributed by atoms with Crippen LogP contribution in [0.5, 0.6) is 23.0 Å². The van der Waals surface area contributed by atoms with Gasteiger partial charge in [-0.3, -0.25) is 4.90 Å². The van der Waals surface area contributed by atoms with Gasteiger partial charge in [0.2, 0.25) is 0 Å². The second-order valence-electron chi connectivity index (χ2n) is 8.53. The van der Waals surface area contributed by atoms with E-state index < -0.39 is 0 Å². The summed E-state index contributed by atoms with van der Waals surface area (Å²) in [6, 6.07) is 29.0. The van der Waals surface area contributed by atoms with Crippen molar-refractivity contribution in [2.45, 2.75) is 25.6 Å². The molecule has 1 aromatic heterocycles. The molecule has 2 heterocycles. The van der Waals surface area contributed by atoms with Crippen molar-refractivity contribution in [3.63, 3.8) is 0 Å². The Morgan fingerprint density at radius 1 is 0.765 bits per heavy atom. The Balaban J connectivity index is 1.47. The number of benzene rings is 3. The maximum atomic E-state index is 6.09. The van der Waals surface area contributed by atoms with Crippen LogP contribution < -0.4 is 14.2 Å². The number of hydrogen-bond acceptors (Lipinski definition) is 4. The Labute approximate surface area is 201 Å². The SMILES string of the molecule is COc1ccc([C@H]2c3cccn3CCCN2Cc2cccc(Oc3ccccc3)c2)cc1OC. The predicted molar refractivity (Wildman–Crippen MR) is 134 cm³/mol. The number of nitrogens with zero attached hydrogens (tertiary/aromatic N) is 2. The van der Waals surface area contributed by atoms with Gasteiger partial charge in [-0.25, -0.2) is 0 Å². The van der Waals surface area contributed by atoms with Gasteiger partial charge < -0.3 is 18.8 Å². The highest BCUT2D eigenvalue weighted by Gasteiger charge is 2.28. The Bertz CT molecular complexity index is 1240. The molecule has 0 amide bonds. The summed E-state index contributed by atoms with van der Waals surface area (Å²) >= 11 is 0. The van der Waals surface area contributed by atoms with Crippen LogP contribution in [-0.2, 0) is 13.1 Å². The van der Waals surface area contributed by atoms with Crippen LogP contribution in [-0.4, -0.2) is 30.2 Å². The first kappa shape index (κ1) is 22.1. The molecule has 4 aromatic rings. The van der Waals surface area contributed by atoms with Crippen LogP contribution >= 0.6 is 0 Å². The van der Waals surface area contributed by atoms with Gasteiger partial charge >= 0.3 is 0 Å². The van der Waals surface area contributed by atoms with E-state index in [9.17, 15) is 0 Å². The van der Waals surface area contributed by atoms with Crippen molar-refractivity contribution in [1.29, 1.82) is 0 Å². The second kappa shape index (κ2) is 10.1. The molecule has 3 aromatic carbocycles. The van der Waals surface area contributed by atoms with Crippen molar-refractivity contribution in [3.05, 3.63) is 108 Å². The van der Waals surface area contributed by atoms with E-state index >= 15 is 0 Å². The van der Waals surface area contributed by atoms with E-state index in [1.165, 1.54) is 16.8 Å². The highest BCUT2D eigenvalue weighted by atomic mass is 16.5. The minimum atomic E-state index is 0.107. The summed E-state index contributed by atoms with van der Waals surface area (Å²) < 4.78 is 19.6. The third-order valence-electron chi connectivity index (χ3n) is 6.34. The van der Waals surface area contributed by atoms with Gasteiger partial charge in [-0.15, -0.1) is 0 Å². The molecule has 1 aliphatic heterocycles. The minimum absolute atomic E-state index is 0.107. The third-order valence-corrected chi connectivity index (χ3v) is 6.34. The van der Waals surface area contributed by atoms with Crippen LogP contribution in [0.2, 0.25) is 0 Å². The molecular formula is C29H30N2O3. The van der Waals surface area contributed by atoms with Crippen molar-refractivity contribution in [3.8, 4) is 23.0 Å².